The van der Waals surface area contributed by atoms with Crippen LogP contribution in [0.25, 0.3) is 11.3 Å². The maximum Gasteiger partial charge on any atom is 0.270 e. The highest BCUT2D eigenvalue weighted by atomic mass is 16.5. The molecule has 1 aliphatic heterocycles. The number of benzene rings is 2. The molecular weight excluding hydrogens is 334 g/mol. The van der Waals surface area contributed by atoms with Crippen LogP contribution in [0.15, 0.2) is 42.5 Å². The van der Waals surface area contributed by atoms with Gasteiger partial charge in [-0.3, -0.25) is 9.89 Å². The van der Waals surface area contributed by atoms with Gasteiger partial charge in [-0.15, -0.1) is 0 Å². The van der Waals surface area contributed by atoms with E-state index in [2.05, 4.69) is 15.5 Å². The number of carbonyl (C=O) groups is 1. The normalized spacial score (nSPS) is 15.5. The topological polar surface area (TPSA) is 96.5 Å². The summed E-state index contributed by atoms with van der Waals surface area (Å²) in [4.78, 5) is 12.4. The van der Waals surface area contributed by atoms with Crippen LogP contribution < -0.4 is 14.8 Å². The number of nitrogens with one attached hydrogen (secondary N) is 2. The Bertz CT molecular complexity index is 996. The molecule has 3 aromatic rings. The second-order valence-electron chi connectivity index (χ2n) is 5.93. The van der Waals surface area contributed by atoms with Crippen molar-refractivity contribution in [2.75, 3.05) is 14.2 Å². The molecule has 0 radical (unpaired) electrons. The fourth-order valence-corrected chi connectivity index (χ4v) is 3.19. The Balaban J connectivity index is 1.84. The van der Waals surface area contributed by atoms with Crippen molar-refractivity contribution in [2.24, 2.45) is 0 Å². The molecule has 0 unspecified atom stereocenters. The molecule has 2 aromatic carbocycles. The molecule has 1 amide bonds. The monoisotopic (exact) mass is 351 g/mol. The highest BCUT2D eigenvalue weighted by molar-refractivity contribution is 6.00. The molecule has 7 nitrogen and oxygen atoms in total. The molecule has 132 valence electrons. The van der Waals surface area contributed by atoms with Gasteiger partial charge in [-0.2, -0.15) is 5.10 Å². The lowest BCUT2D eigenvalue weighted by molar-refractivity contribution is 0.0955. The standard InChI is InChI=1S/C19H17N3O4/c1-25-12-5-3-4-10(8-12)17-15-16(20-19(24)18(15)22-21-17)11-6-7-13(23)14(9-11)26-2/h3-9,16,23H,1-2H3,(H,20,24)(H,21,22)/t16-/m1/s1. The molecule has 1 aromatic heterocycles. The number of amides is 1. The number of phenols is 1. The summed E-state index contributed by atoms with van der Waals surface area (Å²) in [6.45, 7) is 0. The van der Waals surface area contributed by atoms with Crippen LogP contribution in [-0.4, -0.2) is 35.4 Å². The molecule has 3 N–H and O–H groups in total. The first kappa shape index (κ1) is 16.0. The summed E-state index contributed by atoms with van der Waals surface area (Å²) in [7, 11) is 3.09. The second-order valence-corrected chi connectivity index (χ2v) is 5.93. The van der Waals surface area contributed by atoms with Gasteiger partial charge in [0.05, 0.1) is 26.0 Å². The first-order valence-electron chi connectivity index (χ1n) is 8.03. The average molecular weight is 351 g/mol. The van der Waals surface area contributed by atoms with E-state index in [-0.39, 0.29) is 11.7 Å². The second kappa shape index (κ2) is 6.11. The van der Waals surface area contributed by atoms with Gasteiger partial charge in [-0.25, -0.2) is 0 Å². The lowest BCUT2D eigenvalue weighted by Gasteiger charge is -2.15. The summed E-state index contributed by atoms with van der Waals surface area (Å²) in [5.74, 6) is 0.871. The van der Waals surface area contributed by atoms with Crippen LogP contribution in [0, 0.1) is 0 Å². The molecule has 7 heteroatoms. The first-order chi connectivity index (χ1) is 12.6. The lowest BCUT2D eigenvalue weighted by Crippen LogP contribution is -2.21. The molecule has 0 fully saturated rings. The van der Waals surface area contributed by atoms with Gasteiger partial charge in [-0.05, 0) is 29.8 Å². The minimum Gasteiger partial charge on any atom is -0.504 e. The van der Waals surface area contributed by atoms with E-state index in [1.807, 2.05) is 24.3 Å². The van der Waals surface area contributed by atoms with Crippen molar-refractivity contribution in [3.63, 3.8) is 0 Å². The molecule has 1 aliphatic rings. The van der Waals surface area contributed by atoms with Crippen LogP contribution in [0.4, 0.5) is 0 Å². The smallest absolute Gasteiger partial charge is 0.270 e. The lowest BCUT2D eigenvalue weighted by atomic mass is 9.96. The van der Waals surface area contributed by atoms with Gasteiger partial charge in [0.1, 0.15) is 11.4 Å². The van der Waals surface area contributed by atoms with Crippen LogP contribution in [0.1, 0.15) is 27.7 Å². The predicted octanol–water partition coefficient (Wildman–Crippen LogP) is 2.63. The summed E-state index contributed by atoms with van der Waals surface area (Å²) < 4.78 is 10.5. The number of fused-ring (bicyclic) bond motifs is 1. The molecule has 2 heterocycles. The summed E-state index contributed by atoms with van der Waals surface area (Å²) in [5, 5.41) is 20.0. The van der Waals surface area contributed by atoms with Gasteiger partial charge in [0.25, 0.3) is 5.91 Å². The third-order valence-electron chi connectivity index (χ3n) is 4.48. The van der Waals surface area contributed by atoms with Crippen molar-refractivity contribution >= 4 is 5.91 Å². The van der Waals surface area contributed by atoms with E-state index in [1.54, 1.807) is 25.3 Å². The average Bonchev–Trinajstić information content (AvgIpc) is 3.24. The largest absolute Gasteiger partial charge is 0.504 e. The summed E-state index contributed by atoms with van der Waals surface area (Å²) >= 11 is 0. The number of carbonyl (C=O) groups excluding carboxylic acids is 1. The van der Waals surface area contributed by atoms with Gasteiger partial charge in [-0.1, -0.05) is 18.2 Å². The number of rotatable bonds is 4. The Morgan fingerprint density at radius 1 is 1.12 bits per heavy atom. The number of ether oxygens (including phenoxy) is 2. The van der Waals surface area contributed by atoms with E-state index in [1.165, 1.54) is 7.11 Å². The molecule has 0 aliphatic carbocycles. The van der Waals surface area contributed by atoms with E-state index in [4.69, 9.17) is 9.47 Å². The van der Waals surface area contributed by atoms with Crippen molar-refractivity contribution in [1.29, 1.82) is 0 Å². The zero-order valence-corrected chi connectivity index (χ0v) is 14.2. The summed E-state index contributed by atoms with van der Waals surface area (Å²) in [5.41, 5.74) is 3.50. The van der Waals surface area contributed by atoms with Gasteiger partial charge >= 0.3 is 0 Å². The SMILES string of the molecule is COc1cccc(-c2n[nH]c3c2[C@@H](c2ccc(O)c(OC)c2)NC3=O)c1. The number of nitrogens with zero attached hydrogens (tertiary/aromatic N) is 1. The Morgan fingerprint density at radius 3 is 2.73 bits per heavy atom. The van der Waals surface area contributed by atoms with E-state index in [0.717, 1.165) is 16.7 Å². The molecule has 0 bridgehead atoms. The summed E-state index contributed by atoms with van der Waals surface area (Å²) in [6.07, 6.45) is 0. The van der Waals surface area contributed by atoms with E-state index in [0.29, 0.717) is 22.9 Å². The van der Waals surface area contributed by atoms with Crippen molar-refractivity contribution in [3.05, 3.63) is 59.3 Å². The zero-order valence-electron chi connectivity index (χ0n) is 14.2. The number of hydrogen-bond acceptors (Lipinski definition) is 5. The Morgan fingerprint density at radius 2 is 1.96 bits per heavy atom. The minimum atomic E-state index is -0.396. The van der Waals surface area contributed by atoms with Gasteiger partial charge in [0.2, 0.25) is 0 Å². The Hall–Kier alpha value is -3.48. The van der Waals surface area contributed by atoms with Crippen LogP contribution in [-0.2, 0) is 0 Å². The number of hydrogen-bond donors (Lipinski definition) is 3. The molecular formula is C19H17N3O4. The Kier molecular flexibility index (Phi) is 3.76. The van der Waals surface area contributed by atoms with Crippen molar-refractivity contribution in [3.8, 4) is 28.5 Å². The van der Waals surface area contributed by atoms with Gasteiger partial charge in [0, 0.05) is 11.1 Å². The van der Waals surface area contributed by atoms with E-state index >= 15 is 0 Å². The molecule has 1 atom stereocenters. The summed E-state index contributed by atoms with van der Waals surface area (Å²) in [6, 6.07) is 12.1. The van der Waals surface area contributed by atoms with Crippen molar-refractivity contribution < 1.29 is 19.4 Å². The number of aromatic nitrogens is 2. The highest BCUT2D eigenvalue weighted by Gasteiger charge is 2.35. The van der Waals surface area contributed by atoms with Gasteiger partial charge < -0.3 is 19.9 Å². The van der Waals surface area contributed by atoms with Crippen LogP contribution in [0.5, 0.6) is 17.2 Å². The predicted molar refractivity (Wildman–Crippen MR) is 94.5 cm³/mol. The number of phenolic OH excluding ortho intramolecular Hbond substituents is 1. The maximum absolute atomic E-state index is 12.4. The van der Waals surface area contributed by atoms with Gasteiger partial charge in [0.15, 0.2) is 11.5 Å². The van der Waals surface area contributed by atoms with Crippen LogP contribution >= 0.6 is 0 Å². The number of aromatic hydroxyl groups is 1. The molecule has 0 saturated carbocycles. The number of H-pyrrole nitrogens is 1. The van der Waals surface area contributed by atoms with E-state index in [9.17, 15) is 9.90 Å². The Labute approximate surface area is 149 Å². The molecule has 26 heavy (non-hydrogen) atoms. The fourth-order valence-electron chi connectivity index (χ4n) is 3.19. The number of aromatic amines is 1. The van der Waals surface area contributed by atoms with Crippen molar-refractivity contribution in [1.82, 2.24) is 15.5 Å². The van der Waals surface area contributed by atoms with E-state index < -0.39 is 6.04 Å². The fraction of sp³-hybridized carbons (Fsp3) is 0.158. The minimum absolute atomic E-state index is 0.0426. The molecule has 4 rings (SSSR count). The third-order valence-corrected chi connectivity index (χ3v) is 4.48. The number of methoxy groups -OCH3 is 2. The third kappa shape index (κ3) is 2.45. The highest BCUT2D eigenvalue weighted by Crippen LogP contribution is 2.39. The first-order valence-corrected chi connectivity index (χ1v) is 8.03. The van der Waals surface area contributed by atoms with Crippen molar-refractivity contribution in [2.45, 2.75) is 6.04 Å². The quantitative estimate of drug-likeness (QED) is 0.671. The van der Waals surface area contributed by atoms with Crippen LogP contribution in [0.2, 0.25) is 0 Å². The van der Waals surface area contributed by atoms with Crippen LogP contribution in [0.3, 0.4) is 0 Å². The molecule has 0 saturated heterocycles. The molecule has 0 spiro atoms. The maximum atomic E-state index is 12.4. The zero-order chi connectivity index (χ0) is 18.3.